The summed E-state index contributed by atoms with van der Waals surface area (Å²) in [4.78, 5) is 2.20. The van der Waals surface area contributed by atoms with Gasteiger partial charge in [-0.25, -0.2) is 0 Å². The van der Waals surface area contributed by atoms with Crippen molar-refractivity contribution in [2.45, 2.75) is 6.04 Å². The number of rotatable bonds is 6. The second-order valence-electron chi connectivity index (χ2n) is 5.68. The van der Waals surface area contributed by atoms with Crippen LogP contribution in [0.25, 0.3) is 0 Å². The normalized spacial score (nSPS) is 11.8. The molecule has 0 aliphatic heterocycles. The van der Waals surface area contributed by atoms with Crippen LogP contribution in [0.15, 0.2) is 84.9 Å². The van der Waals surface area contributed by atoms with E-state index in [-0.39, 0.29) is 6.04 Å². The van der Waals surface area contributed by atoms with Crippen LogP contribution in [0, 0.1) is 0 Å². The molecule has 0 saturated carbocycles. The highest BCUT2D eigenvalue weighted by Crippen LogP contribution is 2.27. The van der Waals surface area contributed by atoms with Crippen LogP contribution in [-0.4, -0.2) is 13.6 Å². The number of nitrogens with two attached hydrogens (primary N) is 1. The van der Waals surface area contributed by atoms with Gasteiger partial charge in [-0.15, -0.1) is 0 Å². The Kier molecular flexibility index (Phi) is 5.14. The van der Waals surface area contributed by atoms with E-state index < -0.39 is 0 Å². The summed E-state index contributed by atoms with van der Waals surface area (Å²) in [5.41, 5.74) is 8.35. The SMILES string of the molecule is CN(c1ccccc1)C(CN)c1ccc(Oc2ccccc2)cc1. The van der Waals surface area contributed by atoms with Crippen molar-refractivity contribution >= 4 is 5.69 Å². The molecule has 1 atom stereocenters. The van der Waals surface area contributed by atoms with E-state index in [0.717, 1.165) is 17.2 Å². The Morgan fingerprint density at radius 2 is 1.33 bits per heavy atom. The van der Waals surface area contributed by atoms with Crippen molar-refractivity contribution in [2.75, 3.05) is 18.5 Å². The summed E-state index contributed by atoms with van der Waals surface area (Å²) in [6.07, 6.45) is 0. The number of hydrogen-bond acceptors (Lipinski definition) is 3. The molecule has 122 valence electrons. The van der Waals surface area contributed by atoms with Gasteiger partial charge in [0.25, 0.3) is 0 Å². The zero-order chi connectivity index (χ0) is 16.8. The maximum atomic E-state index is 6.03. The van der Waals surface area contributed by atoms with Gasteiger partial charge in [-0.1, -0.05) is 48.5 Å². The monoisotopic (exact) mass is 318 g/mol. The molecule has 3 heteroatoms. The highest BCUT2D eigenvalue weighted by molar-refractivity contribution is 5.48. The Morgan fingerprint density at radius 3 is 1.92 bits per heavy atom. The summed E-state index contributed by atoms with van der Waals surface area (Å²) < 4.78 is 5.85. The molecule has 0 heterocycles. The highest BCUT2D eigenvalue weighted by atomic mass is 16.5. The first kappa shape index (κ1) is 16.1. The third-order valence-electron chi connectivity index (χ3n) is 4.10. The summed E-state index contributed by atoms with van der Waals surface area (Å²) in [7, 11) is 2.07. The van der Waals surface area contributed by atoms with Crippen LogP contribution in [0.5, 0.6) is 11.5 Å². The van der Waals surface area contributed by atoms with E-state index in [1.807, 2.05) is 60.7 Å². The molecule has 0 fully saturated rings. The van der Waals surface area contributed by atoms with Crippen molar-refractivity contribution < 1.29 is 4.74 Å². The van der Waals surface area contributed by atoms with Crippen LogP contribution in [0.4, 0.5) is 5.69 Å². The van der Waals surface area contributed by atoms with Crippen molar-refractivity contribution in [1.29, 1.82) is 0 Å². The Labute approximate surface area is 143 Å². The Bertz CT molecular complexity index is 742. The van der Waals surface area contributed by atoms with Gasteiger partial charge >= 0.3 is 0 Å². The minimum atomic E-state index is 0.123. The molecular formula is C21H22N2O. The maximum absolute atomic E-state index is 6.03. The number of nitrogens with zero attached hydrogens (tertiary/aromatic N) is 1. The van der Waals surface area contributed by atoms with Crippen LogP contribution in [-0.2, 0) is 0 Å². The lowest BCUT2D eigenvalue weighted by Crippen LogP contribution is -2.30. The zero-order valence-electron chi connectivity index (χ0n) is 13.8. The number of ether oxygens (including phenoxy) is 1. The fraction of sp³-hybridized carbons (Fsp3) is 0.143. The third kappa shape index (κ3) is 3.76. The lowest BCUT2D eigenvalue weighted by Gasteiger charge is -2.29. The average molecular weight is 318 g/mol. The lowest BCUT2D eigenvalue weighted by molar-refractivity contribution is 0.482. The van der Waals surface area contributed by atoms with Gasteiger partial charge in [-0.2, -0.15) is 0 Å². The van der Waals surface area contributed by atoms with Crippen LogP contribution < -0.4 is 15.4 Å². The van der Waals surface area contributed by atoms with Crippen LogP contribution in [0.1, 0.15) is 11.6 Å². The molecule has 0 saturated heterocycles. The molecule has 3 aromatic rings. The predicted octanol–water partition coefficient (Wildman–Crippen LogP) is 4.62. The minimum Gasteiger partial charge on any atom is -0.457 e. The van der Waals surface area contributed by atoms with Crippen LogP contribution >= 0.6 is 0 Å². The topological polar surface area (TPSA) is 38.5 Å². The largest absolute Gasteiger partial charge is 0.457 e. The van der Waals surface area contributed by atoms with E-state index in [0.29, 0.717) is 6.54 Å². The third-order valence-corrected chi connectivity index (χ3v) is 4.10. The van der Waals surface area contributed by atoms with E-state index in [9.17, 15) is 0 Å². The molecule has 3 rings (SSSR count). The zero-order valence-corrected chi connectivity index (χ0v) is 13.8. The van der Waals surface area contributed by atoms with Crippen molar-refractivity contribution in [3.05, 3.63) is 90.5 Å². The van der Waals surface area contributed by atoms with Crippen LogP contribution in [0.2, 0.25) is 0 Å². The van der Waals surface area contributed by atoms with Gasteiger partial charge in [0.2, 0.25) is 0 Å². The van der Waals surface area contributed by atoms with E-state index in [2.05, 4.69) is 36.2 Å². The smallest absolute Gasteiger partial charge is 0.127 e. The molecule has 0 aliphatic carbocycles. The second kappa shape index (κ2) is 7.66. The number of para-hydroxylation sites is 2. The minimum absolute atomic E-state index is 0.123. The molecule has 0 radical (unpaired) electrons. The number of likely N-dealkylation sites (N-methyl/N-ethyl adjacent to an activating group) is 1. The van der Waals surface area contributed by atoms with Crippen molar-refractivity contribution in [3.8, 4) is 11.5 Å². The van der Waals surface area contributed by atoms with E-state index in [4.69, 9.17) is 10.5 Å². The van der Waals surface area contributed by atoms with Crippen molar-refractivity contribution in [2.24, 2.45) is 5.73 Å². The first-order valence-corrected chi connectivity index (χ1v) is 8.09. The van der Waals surface area contributed by atoms with Gasteiger partial charge < -0.3 is 15.4 Å². The molecule has 3 aromatic carbocycles. The first-order chi connectivity index (χ1) is 11.8. The number of hydrogen-bond donors (Lipinski definition) is 1. The Balaban J connectivity index is 1.76. The summed E-state index contributed by atoms with van der Waals surface area (Å²) >= 11 is 0. The van der Waals surface area contributed by atoms with Gasteiger partial charge in [0.05, 0.1) is 6.04 Å². The van der Waals surface area contributed by atoms with Gasteiger partial charge in [0.15, 0.2) is 0 Å². The standard InChI is InChI=1S/C21H22N2O/c1-23(18-8-4-2-5-9-18)21(16-22)17-12-14-20(15-13-17)24-19-10-6-3-7-11-19/h2-15,21H,16,22H2,1H3. The molecule has 2 N–H and O–H groups in total. The Hall–Kier alpha value is -2.78. The summed E-state index contributed by atoms with van der Waals surface area (Å²) in [6, 6.07) is 28.3. The molecule has 0 amide bonds. The van der Waals surface area contributed by atoms with Crippen molar-refractivity contribution in [1.82, 2.24) is 0 Å². The van der Waals surface area contributed by atoms with E-state index in [1.54, 1.807) is 0 Å². The molecule has 24 heavy (non-hydrogen) atoms. The molecule has 0 aromatic heterocycles. The number of benzene rings is 3. The average Bonchev–Trinajstić information content (AvgIpc) is 2.65. The molecule has 0 spiro atoms. The quantitative estimate of drug-likeness (QED) is 0.721. The first-order valence-electron chi connectivity index (χ1n) is 8.09. The van der Waals surface area contributed by atoms with Crippen molar-refractivity contribution in [3.63, 3.8) is 0 Å². The molecule has 3 nitrogen and oxygen atoms in total. The Morgan fingerprint density at radius 1 is 0.792 bits per heavy atom. The van der Waals surface area contributed by atoms with Gasteiger partial charge in [0, 0.05) is 19.3 Å². The van der Waals surface area contributed by atoms with Gasteiger partial charge in [-0.05, 0) is 42.0 Å². The summed E-state index contributed by atoms with van der Waals surface area (Å²) in [6.45, 7) is 0.546. The van der Waals surface area contributed by atoms with Gasteiger partial charge in [0.1, 0.15) is 11.5 Å². The molecule has 0 aliphatic rings. The summed E-state index contributed by atoms with van der Waals surface area (Å²) in [5.74, 6) is 1.66. The molecule has 1 unspecified atom stereocenters. The fourth-order valence-corrected chi connectivity index (χ4v) is 2.74. The number of anilines is 1. The fourth-order valence-electron chi connectivity index (χ4n) is 2.74. The maximum Gasteiger partial charge on any atom is 0.127 e. The van der Waals surface area contributed by atoms with Gasteiger partial charge in [-0.3, -0.25) is 0 Å². The molecular weight excluding hydrogens is 296 g/mol. The molecule has 0 bridgehead atoms. The van der Waals surface area contributed by atoms with Crippen LogP contribution in [0.3, 0.4) is 0 Å². The summed E-state index contributed by atoms with van der Waals surface area (Å²) in [5, 5.41) is 0. The lowest BCUT2D eigenvalue weighted by atomic mass is 10.0. The highest BCUT2D eigenvalue weighted by Gasteiger charge is 2.16. The van der Waals surface area contributed by atoms with E-state index >= 15 is 0 Å². The predicted molar refractivity (Wildman–Crippen MR) is 99.6 cm³/mol. The van der Waals surface area contributed by atoms with E-state index in [1.165, 1.54) is 5.56 Å². The second-order valence-corrected chi connectivity index (χ2v) is 5.68.